The van der Waals surface area contributed by atoms with Crippen LogP contribution in [0.1, 0.15) is 41.0 Å². The molecule has 15 heteroatoms. The van der Waals surface area contributed by atoms with Gasteiger partial charge in [-0.2, -0.15) is 4.98 Å². The zero-order chi connectivity index (χ0) is 32.7. The number of nitrogen functional groups attached to an aromatic ring is 2. The summed E-state index contributed by atoms with van der Waals surface area (Å²) in [5, 5.41) is 12.5. The normalized spacial score (nSPS) is 20.7. The van der Waals surface area contributed by atoms with Crippen molar-refractivity contribution in [3.8, 4) is 5.75 Å². The van der Waals surface area contributed by atoms with Gasteiger partial charge in [0.1, 0.15) is 23.1 Å². The first-order valence-corrected chi connectivity index (χ1v) is 14.9. The molecule has 4 rings (SSSR count). The Kier molecular flexibility index (Phi) is 11.9. The number of likely N-dealkylation sites (N-methyl/N-ethyl adjacent to an activating group) is 1. The summed E-state index contributed by atoms with van der Waals surface area (Å²) in [6.45, 7) is 8.86. The number of nitrogens with two attached hydrogens (primary N) is 3. The SMILES string of the molecule is CCOC(=O)C(C)N.CN(c1nc(N)[nH]c(=O)c1N)C1OC(COPOc2cccc3ccccc23)C[C@]1(C)OC(C)(C)O. The van der Waals surface area contributed by atoms with Gasteiger partial charge in [0.25, 0.3) is 5.56 Å². The molecular weight excluding hydrogens is 591 g/mol. The Morgan fingerprint density at radius 2 is 1.95 bits per heavy atom. The van der Waals surface area contributed by atoms with E-state index in [0.29, 0.717) is 13.0 Å². The summed E-state index contributed by atoms with van der Waals surface area (Å²) < 4.78 is 28.5. The van der Waals surface area contributed by atoms with Gasteiger partial charge in [-0.25, -0.2) is 0 Å². The highest BCUT2D eigenvalue weighted by molar-refractivity contribution is 7.26. The predicted octanol–water partition coefficient (Wildman–Crippen LogP) is 2.64. The molecule has 3 aromatic rings. The molecule has 0 spiro atoms. The third-order valence-corrected chi connectivity index (χ3v) is 7.07. The van der Waals surface area contributed by atoms with E-state index in [1.807, 2.05) is 49.4 Å². The van der Waals surface area contributed by atoms with Crippen LogP contribution in [0.25, 0.3) is 10.8 Å². The third-order valence-electron chi connectivity index (χ3n) is 6.49. The summed E-state index contributed by atoms with van der Waals surface area (Å²) in [5.74, 6) is -0.980. The molecule has 1 aromatic heterocycles. The summed E-state index contributed by atoms with van der Waals surface area (Å²) in [4.78, 5) is 30.7. The van der Waals surface area contributed by atoms with E-state index < -0.39 is 35.3 Å². The van der Waals surface area contributed by atoms with E-state index in [2.05, 4.69) is 14.7 Å². The van der Waals surface area contributed by atoms with E-state index in [-0.39, 0.29) is 39.1 Å². The molecule has 14 nitrogen and oxygen atoms in total. The summed E-state index contributed by atoms with van der Waals surface area (Å²) in [5.41, 5.74) is 15.2. The highest BCUT2D eigenvalue weighted by Gasteiger charge is 2.51. The molecule has 44 heavy (non-hydrogen) atoms. The van der Waals surface area contributed by atoms with Gasteiger partial charge in [0.05, 0.1) is 19.3 Å². The van der Waals surface area contributed by atoms with E-state index in [0.717, 1.165) is 16.5 Å². The van der Waals surface area contributed by atoms with Crippen molar-refractivity contribution in [3.63, 3.8) is 0 Å². The van der Waals surface area contributed by atoms with Crippen molar-refractivity contribution < 1.29 is 33.2 Å². The summed E-state index contributed by atoms with van der Waals surface area (Å²) in [6, 6.07) is 13.3. The Morgan fingerprint density at radius 3 is 2.59 bits per heavy atom. The maximum Gasteiger partial charge on any atom is 0.322 e. The van der Waals surface area contributed by atoms with Crippen LogP contribution < -0.4 is 32.2 Å². The number of carbonyl (C=O) groups excluding carboxylic acids is 1. The first-order valence-electron chi connectivity index (χ1n) is 14.0. The van der Waals surface area contributed by atoms with Gasteiger partial charge in [0.15, 0.2) is 17.8 Å². The van der Waals surface area contributed by atoms with Crippen LogP contribution in [0.4, 0.5) is 17.5 Å². The number of anilines is 3. The number of hydrogen-bond donors (Lipinski definition) is 5. The number of nitrogens with one attached hydrogen (secondary N) is 1. The second-order valence-electron chi connectivity index (χ2n) is 11.0. The fourth-order valence-electron chi connectivity index (χ4n) is 4.82. The lowest BCUT2D eigenvalue weighted by Crippen LogP contribution is -2.52. The topological polar surface area (TPSA) is 210 Å². The minimum Gasteiger partial charge on any atom is -0.465 e. The minimum absolute atomic E-state index is 0.0779. The Hall–Kier alpha value is -3.52. The van der Waals surface area contributed by atoms with E-state index >= 15 is 0 Å². The molecule has 0 aliphatic carbocycles. The molecule has 1 aliphatic rings. The predicted molar refractivity (Wildman–Crippen MR) is 170 cm³/mol. The van der Waals surface area contributed by atoms with Gasteiger partial charge in [-0.15, -0.1) is 0 Å². The molecular formula is C29H43N6O8P. The Labute approximate surface area is 258 Å². The van der Waals surface area contributed by atoms with E-state index in [4.69, 9.17) is 35.7 Å². The van der Waals surface area contributed by atoms with Crippen molar-refractivity contribution in [2.24, 2.45) is 5.73 Å². The number of aliphatic hydroxyl groups is 1. The van der Waals surface area contributed by atoms with Crippen LogP contribution in [0.15, 0.2) is 47.3 Å². The smallest absolute Gasteiger partial charge is 0.322 e. The molecule has 4 unspecified atom stereocenters. The maximum atomic E-state index is 12.1. The second-order valence-corrected chi connectivity index (χ2v) is 11.6. The number of esters is 1. The van der Waals surface area contributed by atoms with Gasteiger partial charge in [-0.05, 0) is 46.1 Å². The number of nitrogens with zero attached hydrogens (tertiary/aromatic N) is 2. The molecule has 5 atom stereocenters. The van der Waals surface area contributed by atoms with Crippen LogP contribution in [-0.4, -0.2) is 71.1 Å². The van der Waals surface area contributed by atoms with Crippen molar-refractivity contribution in [1.29, 1.82) is 0 Å². The fourth-order valence-corrected chi connectivity index (χ4v) is 5.40. The van der Waals surface area contributed by atoms with E-state index in [1.54, 1.807) is 25.8 Å². The fraction of sp³-hybridized carbons (Fsp3) is 0.483. The molecule has 1 fully saturated rings. The molecule has 0 amide bonds. The van der Waals surface area contributed by atoms with Crippen molar-refractivity contribution in [2.75, 3.05) is 36.6 Å². The highest BCUT2D eigenvalue weighted by atomic mass is 31.1. The summed E-state index contributed by atoms with van der Waals surface area (Å²) in [6.07, 6.45) is -0.756. The van der Waals surface area contributed by atoms with E-state index in [1.165, 1.54) is 13.8 Å². The number of ether oxygens (including phenoxy) is 3. The van der Waals surface area contributed by atoms with Crippen molar-refractivity contribution in [3.05, 3.63) is 52.8 Å². The molecule has 8 N–H and O–H groups in total. The van der Waals surface area contributed by atoms with Gasteiger partial charge < -0.3 is 50.5 Å². The van der Waals surface area contributed by atoms with Crippen LogP contribution in [-0.2, 0) is 23.5 Å². The molecule has 0 bridgehead atoms. The molecule has 0 saturated carbocycles. The number of aromatic amines is 1. The molecule has 1 saturated heterocycles. The van der Waals surface area contributed by atoms with Crippen molar-refractivity contribution in [2.45, 2.75) is 70.8 Å². The number of aromatic nitrogens is 2. The number of carbonyl (C=O) groups is 1. The van der Waals surface area contributed by atoms with Crippen molar-refractivity contribution >= 4 is 43.2 Å². The highest BCUT2D eigenvalue weighted by Crippen LogP contribution is 2.40. The lowest BCUT2D eigenvalue weighted by atomic mass is 9.98. The Balaban J connectivity index is 0.000000583. The van der Waals surface area contributed by atoms with Gasteiger partial charge in [0.2, 0.25) is 15.0 Å². The Morgan fingerprint density at radius 1 is 1.27 bits per heavy atom. The molecule has 1 aliphatic heterocycles. The molecule has 242 valence electrons. The van der Waals surface area contributed by atoms with Crippen molar-refractivity contribution in [1.82, 2.24) is 9.97 Å². The van der Waals surface area contributed by atoms with Gasteiger partial charge in [0, 0.05) is 18.9 Å². The second kappa shape index (κ2) is 15.0. The number of H-pyrrole nitrogens is 1. The number of rotatable bonds is 11. The average molecular weight is 635 g/mol. The van der Waals surface area contributed by atoms with E-state index in [9.17, 15) is 14.7 Å². The first-order chi connectivity index (χ1) is 20.6. The monoisotopic (exact) mass is 634 g/mol. The average Bonchev–Trinajstić information content (AvgIpc) is 3.27. The molecule has 0 radical (unpaired) electrons. The van der Waals surface area contributed by atoms with Crippen LogP contribution in [0, 0.1) is 0 Å². The summed E-state index contributed by atoms with van der Waals surface area (Å²) in [7, 11) is 1.42. The van der Waals surface area contributed by atoms with Crippen LogP contribution in [0.3, 0.4) is 0 Å². The van der Waals surface area contributed by atoms with Crippen LogP contribution in [0.5, 0.6) is 5.75 Å². The van der Waals surface area contributed by atoms with Gasteiger partial charge in [-0.3, -0.25) is 14.6 Å². The maximum absolute atomic E-state index is 12.1. The number of benzene rings is 2. The first kappa shape index (κ1) is 35.0. The molecule has 2 aromatic carbocycles. The van der Waals surface area contributed by atoms with Gasteiger partial charge in [-0.1, -0.05) is 36.4 Å². The quantitative estimate of drug-likeness (QED) is 0.0890. The zero-order valence-corrected chi connectivity index (χ0v) is 26.8. The third kappa shape index (κ3) is 9.24. The number of hydrogen-bond acceptors (Lipinski definition) is 13. The largest absolute Gasteiger partial charge is 0.465 e. The minimum atomic E-state index is -1.45. The zero-order valence-electron chi connectivity index (χ0n) is 25.8. The lowest BCUT2D eigenvalue weighted by molar-refractivity contribution is -0.251. The van der Waals surface area contributed by atoms with Gasteiger partial charge >= 0.3 is 5.97 Å². The molecule has 2 heterocycles. The van der Waals surface area contributed by atoms with Crippen LogP contribution >= 0.6 is 9.03 Å². The standard InChI is InChI=1S/C24H32N5O6P.C5H11NO2/c1-23(2,31)35-24(3)12-15(33-21(24)29(4)19-18(25)20(30)28-22(26)27-19)13-32-36-34-17-11-7-9-14-8-5-6-10-16(14)17;1-3-8-5(7)4(2)6/h5-11,15,21,31,36H,12-13,25H2,1-4H3,(H3,26,27,28,30);4H,3,6H2,1-2H3/t15?,21?,24-;/m0./s1. The Bertz CT molecular complexity index is 1460. The number of fused-ring (bicyclic) bond motifs is 1. The lowest BCUT2D eigenvalue weighted by Gasteiger charge is -2.40. The van der Waals surface area contributed by atoms with Crippen LogP contribution in [0.2, 0.25) is 0 Å². The summed E-state index contributed by atoms with van der Waals surface area (Å²) >= 11 is 0.